The predicted octanol–water partition coefficient (Wildman–Crippen LogP) is 0.572. The molecule has 0 aliphatic carbocycles. The van der Waals surface area contributed by atoms with Crippen LogP contribution in [0.4, 0.5) is 0 Å². The molecule has 1 aliphatic heterocycles. The van der Waals surface area contributed by atoms with Crippen molar-refractivity contribution in [1.82, 2.24) is 4.90 Å². The normalized spacial score (nSPS) is 23.6. The highest BCUT2D eigenvalue weighted by molar-refractivity contribution is 5.66. The van der Waals surface area contributed by atoms with Crippen molar-refractivity contribution in [2.75, 3.05) is 26.8 Å². The fraction of sp³-hybridized carbons (Fsp3) is 0.889. The highest BCUT2D eigenvalue weighted by Crippen LogP contribution is 2.17. The molecule has 1 fully saturated rings. The van der Waals surface area contributed by atoms with Gasteiger partial charge >= 0.3 is 5.97 Å². The summed E-state index contributed by atoms with van der Waals surface area (Å²) < 4.78 is 5.07. The Morgan fingerprint density at radius 1 is 1.69 bits per heavy atom. The summed E-state index contributed by atoms with van der Waals surface area (Å²) in [5, 5.41) is 8.53. The van der Waals surface area contributed by atoms with E-state index in [-0.39, 0.29) is 6.42 Å². The minimum Gasteiger partial charge on any atom is -0.481 e. The second-order valence-electron chi connectivity index (χ2n) is 3.43. The van der Waals surface area contributed by atoms with Crippen molar-refractivity contribution in [2.24, 2.45) is 0 Å². The number of methoxy groups -OCH3 is 1. The van der Waals surface area contributed by atoms with E-state index in [2.05, 4.69) is 4.90 Å². The first-order valence-corrected chi connectivity index (χ1v) is 4.69. The first-order valence-electron chi connectivity index (χ1n) is 4.69. The third kappa shape index (κ3) is 3.32. The molecule has 0 amide bonds. The molecule has 0 aromatic rings. The van der Waals surface area contributed by atoms with Gasteiger partial charge < -0.3 is 9.84 Å². The van der Waals surface area contributed by atoms with Crippen LogP contribution in [0.2, 0.25) is 0 Å². The van der Waals surface area contributed by atoms with Crippen LogP contribution in [0.15, 0.2) is 0 Å². The highest BCUT2D eigenvalue weighted by atomic mass is 16.5. The summed E-state index contributed by atoms with van der Waals surface area (Å²) in [6.45, 7) is 2.39. The quantitative estimate of drug-likeness (QED) is 0.683. The van der Waals surface area contributed by atoms with Gasteiger partial charge in [0.15, 0.2) is 0 Å². The van der Waals surface area contributed by atoms with Gasteiger partial charge in [0.1, 0.15) is 0 Å². The molecule has 0 bridgehead atoms. The van der Waals surface area contributed by atoms with E-state index in [0.717, 1.165) is 26.0 Å². The third-order valence-electron chi connectivity index (χ3n) is 2.47. The molecule has 1 heterocycles. The molecule has 0 radical (unpaired) electrons. The first-order chi connectivity index (χ1) is 6.24. The molecule has 76 valence electrons. The lowest BCUT2D eigenvalue weighted by Crippen LogP contribution is -2.34. The Morgan fingerprint density at radius 2 is 2.46 bits per heavy atom. The number of aliphatic carboxylic acids is 1. The first kappa shape index (κ1) is 10.5. The zero-order valence-electron chi connectivity index (χ0n) is 8.03. The summed E-state index contributed by atoms with van der Waals surface area (Å²) in [4.78, 5) is 12.6. The molecule has 4 heteroatoms. The minimum absolute atomic E-state index is 0.236. The van der Waals surface area contributed by atoms with Gasteiger partial charge in [-0.15, -0.1) is 0 Å². The van der Waals surface area contributed by atoms with Crippen molar-refractivity contribution in [2.45, 2.75) is 25.3 Å². The van der Waals surface area contributed by atoms with Gasteiger partial charge in [-0.25, -0.2) is 0 Å². The van der Waals surface area contributed by atoms with Crippen molar-refractivity contribution in [1.29, 1.82) is 0 Å². The molecule has 13 heavy (non-hydrogen) atoms. The molecule has 0 unspecified atom stereocenters. The fourth-order valence-electron chi connectivity index (χ4n) is 1.81. The molecule has 0 aromatic heterocycles. The molecule has 1 atom stereocenters. The number of likely N-dealkylation sites (tertiary alicyclic amines) is 1. The van der Waals surface area contributed by atoms with Gasteiger partial charge in [0.2, 0.25) is 0 Å². The van der Waals surface area contributed by atoms with Crippen LogP contribution in [-0.4, -0.2) is 48.8 Å². The van der Waals surface area contributed by atoms with Gasteiger partial charge in [0, 0.05) is 19.7 Å². The van der Waals surface area contributed by atoms with E-state index in [1.807, 2.05) is 0 Å². The maximum absolute atomic E-state index is 10.4. The zero-order chi connectivity index (χ0) is 9.68. The van der Waals surface area contributed by atoms with Gasteiger partial charge in [-0.05, 0) is 19.4 Å². The van der Waals surface area contributed by atoms with Crippen molar-refractivity contribution in [3.05, 3.63) is 0 Å². The number of ether oxygens (including phenoxy) is 1. The Bertz CT molecular complexity index is 172. The minimum atomic E-state index is -0.719. The van der Waals surface area contributed by atoms with Gasteiger partial charge in [-0.2, -0.15) is 0 Å². The van der Waals surface area contributed by atoms with E-state index in [1.165, 1.54) is 0 Å². The summed E-state index contributed by atoms with van der Waals surface area (Å²) in [6, 6.07) is 0.435. The van der Waals surface area contributed by atoms with Crippen molar-refractivity contribution >= 4 is 5.97 Å². The molecule has 1 saturated heterocycles. The SMILES string of the molecule is COC[C@@H]1CCCN1CCC(=O)O. The zero-order valence-corrected chi connectivity index (χ0v) is 8.03. The molecule has 1 aliphatic rings. The number of carbonyl (C=O) groups is 1. The van der Waals surface area contributed by atoms with Crippen LogP contribution >= 0.6 is 0 Å². The molecular formula is C9H17NO3. The van der Waals surface area contributed by atoms with Crippen LogP contribution in [0.3, 0.4) is 0 Å². The van der Waals surface area contributed by atoms with Crippen LogP contribution in [0.25, 0.3) is 0 Å². The Morgan fingerprint density at radius 3 is 3.08 bits per heavy atom. The van der Waals surface area contributed by atoms with E-state index >= 15 is 0 Å². The number of nitrogens with zero attached hydrogens (tertiary/aromatic N) is 1. The van der Waals surface area contributed by atoms with Gasteiger partial charge in [0.05, 0.1) is 13.0 Å². The fourth-order valence-corrected chi connectivity index (χ4v) is 1.81. The van der Waals surface area contributed by atoms with E-state index in [0.29, 0.717) is 12.6 Å². The van der Waals surface area contributed by atoms with Crippen molar-refractivity contribution < 1.29 is 14.6 Å². The summed E-state index contributed by atoms with van der Waals surface area (Å²) in [5.41, 5.74) is 0. The maximum atomic E-state index is 10.4. The smallest absolute Gasteiger partial charge is 0.304 e. The number of hydrogen-bond acceptors (Lipinski definition) is 3. The lowest BCUT2D eigenvalue weighted by molar-refractivity contribution is -0.137. The third-order valence-corrected chi connectivity index (χ3v) is 2.47. The summed E-state index contributed by atoms with van der Waals surface area (Å²) in [5.74, 6) is -0.719. The highest BCUT2D eigenvalue weighted by Gasteiger charge is 2.24. The standard InChI is InChI=1S/C9H17NO3/c1-13-7-8-3-2-5-10(8)6-4-9(11)12/h8H,2-7H2,1H3,(H,11,12)/t8-/m0/s1. The molecular weight excluding hydrogens is 170 g/mol. The topological polar surface area (TPSA) is 49.8 Å². The lowest BCUT2D eigenvalue weighted by Gasteiger charge is -2.22. The van der Waals surface area contributed by atoms with Crippen molar-refractivity contribution in [3.8, 4) is 0 Å². The second kappa shape index (κ2) is 5.19. The van der Waals surface area contributed by atoms with Crippen LogP contribution in [0.1, 0.15) is 19.3 Å². The number of carboxylic acids is 1. The molecule has 0 saturated carbocycles. The van der Waals surface area contributed by atoms with E-state index < -0.39 is 5.97 Å². The Labute approximate surface area is 78.5 Å². The Hall–Kier alpha value is -0.610. The summed E-state index contributed by atoms with van der Waals surface area (Å²) >= 11 is 0. The van der Waals surface area contributed by atoms with Crippen LogP contribution in [0, 0.1) is 0 Å². The Kier molecular flexibility index (Phi) is 4.18. The number of hydrogen-bond donors (Lipinski definition) is 1. The van der Waals surface area contributed by atoms with Crippen LogP contribution < -0.4 is 0 Å². The van der Waals surface area contributed by atoms with Gasteiger partial charge in [-0.3, -0.25) is 9.69 Å². The predicted molar refractivity (Wildman–Crippen MR) is 48.7 cm³/mol. The Balaban J connectivity index is 2.26. The molecule has 0 aromatic carbocycles. The largest absolute Gasteiger partial charge is 0.481 e. The van der Waals surface area contributed by atoms with Crippen LogP contribution in [-0.2, 0) is 9.53 Å². The lowest BCUT2D eigenvalue weighted by atomic mass is 10.2. The van der Waals surface area contributed by atoms with E-state index in [1.54, 1.807) is 7.11 Å². The molecule has 0 spiro atoms. The number of rotatable bonds is 5. The van der Waals surface area contributed by atoms with Gasteiger partial charge in [0.25, 0.3) is 0 Å². The maximum Gasteiger partial charge on any atom is 0.304 e. The van der Waals surface area contributed by atoms with Crippen molar-refractivity contribution in [3.63, 3.8) is 0 Å². The molecule has 4 nitrogen and oxygen atoms in total. The second-order valence-corrected chi connectivity index (χ2v) is 3.43. The average Bonchev–Trinajstić information content (AvgIpc) is 2.49. The molecule has 1 rings (SSSR count). The summed E-state index contributed by atoms with van der Waals surface area (Å²) in [7, 11) is 1.69. The van der Waals surface area contributed by atoms with E-state index in [9.17, 15) is 4.79 Å². The monoisotopic (exact) mass is 187 g/mol. The van der Waals surface area contributed by atoms with Gasteiger partial charge in [-0.1, -0.05) is 0 Å². The van der Waals surface area contributed by atoms with E-state index in [4.69, 9.17) is 9.84 Å². The number of carboxylic acid groups (broad SMARTS) is 1. The molecule has 1 N–H and O–H groups in total. The average molecular weight is 187 g/mol. The van der Waals surface area contributed by atoms with Crippen LogP contribution in [0.5, 0.6) is 0 Å². The summed E-state index contributed by atoms with van der Waals surface area (Å²) in [6.07, 6.45) is 2.53.